The maximum Gasteiger partial charge on any atom is 0.188 e. The van der Waals surface area contributed by atoms with Gasteiger partial charge in [-0.15, -0.1) is 0 Å². The highest BCUT2D eigenvalue weighted by atomic mass is 16.5. The Kier molecular flexibility index (Phi) is 2.33. The van der Waals surface area contributed by atoms with Gasteiger partial charge in [-0.3, -0.25) is 5.10 Å². The third kappa shape index (κ3) is 2.10. The Morgan fingerprint density at radius 1 is 1.20 bits per heavy atom. The summed E-state index contributed by atoms with van der Waals surface area (Å²) in [5.41, 5.74) is 7.94. The molecular formula is C11H13N3O. The van der Waals surface area contributed by atoms with E-state index in [4.69, 9.17) is 10.5 Å². The van der Waals surface area contributed by atoms with Crippen LogP contribution in [-0.2, 0) is 0 Å². The zero-order chi connectivity index (χ0) is 10.8. The van der Waals surface area contributed by atoms with Crippen molar-refractivity contribution in [3.8, 4) is 11.5 Å². The Balaban J connectivity index is 2.28. The lowest BCUT2D eigenvalue weighted by molar-refractivity contribution is 0.484. The zero-order valence-electron chi connectivity index (χ0n) is 8.74. The van der Waals surface area contributed by atoms with Gasteiger partial charge in [0.25, 0.3) is 0 Å². The van der Waals surface area contributed by atoms with Gasteiger partial charge in [0, 0.05) is 0 Å². The fraction of sp³-hybridized carbons (Fsp3) is 0.182. The second kappa shape index (κ2) is 3.65. The quantitative estimate of drug-likeness (QED) is 0.787. The third-order valence-corrected chi connectivity index (χ3v) is 2.06. The number of ether oxygens (including phenoxy) is 1. The number of aromatic nitrogens is 2. The van der Waals surface area contributed by atoms with Crippen LogP contribution in [0.15, 0.2) is 24.4 Å². The third-order valence-electron chi connectivity index (χ3n) is 2.06. The fourth-order valence-corrected chi connectivity index (χ4v) is 1.49. The molecule has 1 heterocycles. The molecule has 0 radical (unpaired) electrons. The van der Waals surface area contributed by atoms with Gasteiger partial charge < -0.3 is 10.5 Å². The molecule has 2 aromatic rings. The molecule has 2 rings (SSSR count). The van der Waals surface area contributed by atoms with Crippen molar-refractivity contribution in [2.75, 3.05) is 5.73 Å². The molecule has 0 atom stereocenters. The Hall–Kier alpha value is -1.97. The number of aryl methyl sites for hydroxylation is 2. The standard InChI is InChI=1S/C11H13N3O/c1-7-3-8(2)5-9(4-7)15-10-6-13-14-11(10)12/h3-6H,1-2H3,(H3,12,13,14). The second-order valence-corrected chi connectivity index (χ2v) is 3.57. The molecule has 0 spiro atoms. The van der Waals surface area contributed by atoms with E-state index in [1.807, 2.05) is 26.0 Å². The lowest BCUT2D eigenvalue weighted by Gasteiger charge is -2.06. The monoisotopic (exact) mass is 203 g/mol. The molecule has 1 aromatic carbocycles. The van der Waals surface area contributed by atoms with Crippen molar-refractivity contribution in [1.29, 1.82) is 0 Å². The molecule has 0 aliphatic rings. The normalized spacial score (nSPS) is 10.3. The van der Waals surface area contributed by atoms with Crippen LogP contribution < -0.4 is 10.5 Å². The molecule has 0 aliphatic carbocycles. The Morgan fingerprint density at radius 2 is 1.87 bits per heavy atom. The number of nitrogens with one attached hydrogen (secondary N) is 1. The molecule has 4 nitrogen and oxygen atoms in total. The van der Waals surface area contributed by atoms with Gasteiger partial charge in [-0.25, -0.2) is 0 Å². The number of nitrogen functional groups attached to an aromatic ring is 1. The number of H-pyrrole nitrogens is 1. The number of anilines is 1. The summed E-state index contributed by atoms with van der Waals surface area (Å²) in [5, 5.41) is 6.41. The highest BCUT2D eigenvalue weighted by molar-refractivity contribution is 5.46. The molecule has 0 fully saturated rings. The number of nitrogens with two attached hydrogens (primary N) is 1. The Bertz CT molecular complexity index is 456. The van der Waals surface area contributed by atoms with Gasteiger partial charge in [-0.05, 0) is 37.1 Å². The smallest absolute Gasteiger partial charge is 0.188 e. The van der Waals surface area contributed by atoms with Crippen LogP contribution in [0, 0.1) is 13.8 Å². The first kappa shape index (κ1) is 9.58. The van der Waals surface area contributed by atoms with Crippen LogP contribution >= 0.6 is 0 Å². The van der Waals surface area contributed by atoms with Crippen LogP contribution in [-0.4, -0.2) is 10.2 Å². The zero-order valence-corrected chi connectivity index (χ0v) is 8.74. The van der Waals surface area contributed by atoms with Crippen LogP contribution in [0.3, 0.4) is 0 Å². The number of hydrogen-bond acceptors (Lipinski definition) is 3. The lowest BCUT2D eigenvalue weighted by Crippen LogP contribution is -1.90. The van der Waals surface area contributed by atoms with E-state index in [1.165, 1.54) is 0 Å². The summed E-state index contributed by atoms with van der Waals surface area (Å²) < 4.78 is 5.59. The Morgan fingerprint density at radius 3 is 2.40 bits per heavy atom. The minimum atomic E-state index is 0.439. The molecule has 0 bridgehead atoms. The van der Waals surface area contributed by atoms with Crippen molar-refractivity contribution in [2.45, 2.75) is 13.8 Å². The average Bonchev–Trinajstić information content (AvgIpc) is 2.50. The summed E-state index contributed by atoms with van der Waals surface area (Å²) in [5.74, 6) is 1.77. The Labute approximate surface area is 88.1 Å². The molecule has 1 aromatic heterocycles. The van der Waals surface area contributed by atoms with E-state index < -0.39 is 0 Å². The van der Waals surface area contributed by atoms with Crippen molar-refractivity contribution in [3.63, 3.8) is 0 Å². The summed E-state index contributed by atoms with van der Waals surface area (Å²) in [6.07, 6.45) is 1.56. The topological polar surface area (TPSA) is 63.9 Å². The van der Waals surface area contributed by atoms with E-state index in [0.717, 1.165) is 16.9 Å². The van der Waals surface area contributed by atoms with E-state index in [9.17, 15) is 0 Å². The van der Waals surface area contributed by atoms with Crippen LogP contribution in [0.4, 0.5) is 5.82 Å². The van der Waals surface area contributed by atoms with Crippen molar-refractivity contribution >= 4 is 5.82 Å². The van der Waals surface area contributed by atoms with Gasteiger partial charge >= 0.3 is 0 Å². The highest BCUT2D eigenvalue weighted by Gasteiger charge is 2.04. The molecule has 0 saturated heterocycles. The van der Waals surface area contributed by atoms with E-state index in [1.54, 1.807) is 6.20 Å². The number of rotatable bonds is 2. The largest absolute Gasteiger partial charge is 0.452 e. The van der Waals surface area contributed by atoms with Gasteiger partial charge in [-0.2, -0.15) is 5.10 Å². The van der Waals surface area contributed by atoms with Gasteiger partial charge in [0.1, 0.15) is 5.75 Å². The molecule has 15 heavy (non-hydrogen) atoms. The number of hydrogen-bond donors (Lipinski definition) is 2. The van der Waals surface area contributed by atoms with E-state index in [0.29, 0.717) is 11.6 Å². The van der Waals surface area contributed by atoms with Crippen molar-refractivity contribution < 1.29 is 4.74 Å². The van der Waals surface area contributed by atoms with E-state index >= 15 is 0 Å². The van der Waals surface area contributed by atoms with Gasteiger partial charge in [0.15, 0.2) is 11.6 Å². The summed E-state index contributed by atoms with van der Waals surface area (Å²) in [4.78, 5) is 0. The maximum atomic E-state index is 5.62. The molecule has 0 saturated carbocycles. The van der Waals surface area contributed by atoms with Gasteiger partial charge in [0.05, 0.1) is 6.20 Å². The van der Waals surface area contributed by atoms with Crippen LogP contribution in [0.1, 0.15) is 11.1 Å². The summed E-state index contributed by atoms with van der Waals surface area (Å²) in [6.45, 7) is 4.05. The minimum absolute atomic E-state index is 0.439. The molecule has 78 valence electrons. The first-order chi connectivity index (χ1) is 7.15. The first-order valence-corrected chi connectivity index (χ1v) is 4.70. The molecule has 4 heteroatoms. The highest BCUT2D eigenvalue weighted by Crippen LogP contribution is 2.26. The first-order valence-electron chi connectivity index (χ1n) is 4.70. The molecule has 0 aliphatic heterocycles. The number of benzene rings is 1. The van der Waals surface area contributed by atoms with Crippen LogP contribution in [0.25, 0.3) is 0 Å². The predicted molar refractivity (Wildman–Crippen MR) is 59.0 cm³/mol. The minimum Gasteiger partial charge on any atom is -0.452 e. The molecule has 0 amide bonds. The predicted octanol–water partition coefficient (Wildman–Crippen LogP) is 2.40. The average molecular weight is 203 g/mol. The van der Waals surface area contributed by atoms with Crippen LogP contribution in [0.2, 0.25) is 0 Å². The van der Waals surface area contributed by atoms with Gasteiger partial charge in [0.2, 0.25) is 0 Å². The molecule has 0 unspecified atom stereocenters. The summed E-state index contributed by atoms with van der Waals surface area (Å²) >= 11 is 0. The molecular weight excluding hydrogens is 190 g/mol. The van der Waals surface area contributed by atoms with Crippen LogP contribution in [0.5, 0.6) is 11.5 Å². The SMILES string of the molecule is Cc1cc(C)cc(Oc2cn[nH]c2N)c1. The van der Waals surface area contributed by atoms with E-state index in [-0.39, 0.29) is 0 Å². The van der Waals surface area contributed by atoms with E-state index in [2.05, 4.69) is 16.3 Å². The van der Waals surface area contributed by atoms with Crippen molar-refractivity contribution in [1.82, 2.24) is 10.2 Å². The summed E-state index contributed by atoms with van der Waals surface area (Å²) in [7, 11) is 0. The number of aromatic amines is 1. The van der Waals surface area contributed by atoms with Crippen molar-refractivity contribution in [2.24, 2.45) is 0 Å². The fourth-order valence-electron chi connectivity index (χ4n) is 1.49. The number of nitrogens with zero attached hydrogens (tertiary/aromatic N) is 1. The summed E-state index contributed by atoms with van der Waals surface area (Å²) in [6, 6.07) is 6.00. The maximum absolute atomic E-state index is 5.62. The lowest BCUT2D eigenvalue weighted by atomic mass is 10.1. The molecule has 3 N–H and O–H groups in total. The van der Waals surface area contributed by atoms with Gasteiger partial charge in [-0.1, -0.05) is 6.07 Å². The second-order valence-electron chi connectivity index (χ2n) is 3.57. The van der Waals surface area contributed by atoms with Crippen molar-refractivity contribution in [3.05, 3.63) is 35.5 Å².